The number of benzene rings is 2. The van der Waals surface area contributed by atoms with Gasteiger partial charge in [-0.2, -0.15) is 0 Å². The molecule has 2 heterocycles. The molecular formula is C16H4Br4O6. The van der Waals surface area contributed by atoms with Gasteiger partial charge in [0.15, 0.2) is 0 Å². The van der Waals surface area contributed by atoms with Gasteiger partial charge in [-0.05, 0) is 75.9 Å². The average Bonchev–Trinajstić information content (AvgIpc) is 3.08. The fourth-order valence-electron chi connectivity index (χ4n) is 2.23. The van der Waals surface area contributed by atoms with Crippen LogP contribution in [-0.2, 0) is 9.47 Å². The van der Waals surface area contributed by atoms with Crippen molar-refractivity contribution in [1.82, 2.24) is 0 Å². The third-order valence-electron chi connectivity index (χ3n) is 3.41. The van der Waals surface area contributed by atoms with E-state index in [-0.39, 0.29) is 11.1 Å². The molecule has 0 bridgehead atoms. The first-order valence-corrected chi connectivity index (χ1v) is 9.89. The third-order valence-corrected chi connectivity index (χ3v) is 8.18. The minimum Gasteiger partial charge on any atom is -0.386 e. The Balaban J connectivity index is 0.000000158. The lowest BCUT2D eigenvalue weighted by atomic mass is 10.1. The van der Waals surface area contributed by atoms with Gasteiger partial charge < -0.3 is 9.47 Å². The van der Waals surface area contributed by atoms with Crippen molar-refractivity contribution in [2.24, 2.45) is 0 Å². The number of hydrogen-bond acceptors (Lipinski definition) is 6. The average molecular weight is 612 g/mol. The van der Waals surface area contributed by atoms with E-state index in [4.69, 9.17) is 0 Å². The lowest BCUT2D eigenvalue weighted by Gasteiger charge is -2.06. The Morgan fingerprint density at radius 1 is 0.538 bits per heavy atom. The number of esters is 4. The van der Waals surface area contributed by atoms with Crippen LogP contribution in [-0.4, -0.2) is 23.9 Å². The van der Waals surface area contributed by atoms with Gasteiger partial charge in [0.25, 0.3) is 0 Å². The quantitative estimate of drug-likeness (QED) is 0.180. The summed E-state index contributed by atoms with van der Waals surface area (Å²) >= 11 is 13.0. The van der Waals surface area contributed by atoms with Gasteiger partial charge in [-0.15, -0.1) is 0 Å². The monoisotopic (exact) mass is 608 g/mol. The minimum absolute atomic E-state index is 0.238. The highest BCUT2D eigenvalue weighted by molar-refractivity contribution is 9.15. The molecule has 4 rings (SSSR count). The number of rotatable bonds is 0. The van der Waals surface area contributed by atoms with Gasteiger partial charge in [-0.25, -0.2) is 19.2 Å². The molecule has 0 spiro atoms. The molecule has 0 unspecified atom stereocenters. The molecule has 6 nitrogen and oxygen atoms in total. The Kier molecular flexibility index (Phi) is 5.48. The molecule has 0 saturated heterocycles. The molecule has 2 aromatic rings. The van der Waals surface area contributed by atoms with Crippen molar-refractivity contribution in [3.8, 4) is 0 Å². The first-order chi connectivity index (χ1) is 12.2. The highest BCUT2D eigenvalue weighted by Crippen LogP contribution is 2.44. The van der Waals surface area contributed by atoms with Crippen LogP contribution in [0.5, 0.6) is 0 Å². The second-order valence-corrected chi connectivity index (χ2v) is 8.08. The number of halogens is 4. The Labute approximate surface area is 179 Å². The predicted octanol–water partition coefficient (Wildman–Crippen LogP) is 5.04. The Morgan fingerprint density at radius 3 is 1.27 bits per heavy atom. The summed E-state index contributed by atoms with van der Waals surface area (Å²) in [5.74, 6) is -2.39. The van der Waals surface area contributed by atoms with Crippen LogP contribution in [0.3, 0.4) is 0 Å². The zero-order chi connectivity index (χ0) is 19.2. The second kappa shape index (κ2) is 7.34. The number of carbonyl (C=O) groups is 4. The molecule has 26 heavy (non-hydrogen) atoms. The summed E-state index contributed by atoms with van der Waals surface area (Å²) in [6.07, 6.45) is 0. The van der Waals surface area contributed by atoms with Crippen molar-refractivity contribution >= 4 is 87.6 Å². The van der Waals surface area contributed by atoms with Crippen LogP contribution in [0.2, 0.25) is 0 Å². The van der Waals surface area contributed by atoms with Crippen LogP contribution >= 0.6 is 63.7 Å². The smallest absolute Gasteiger partial charge is 0.348 e. The molecule has 0 aromatic heterocycles. The summed E-state index contributed by atoms with van der Waals surface area (Å²) in [4.78, 5) is 44.4. The van der Waals surface area contributed by atoms with Crippen molar-refractivity contribution < 1.29 is 28.7 Å². The highest BCUT2D eigenvalue weighted by Gasteiger charge is 2.36. The normalized spacial score (nSPS) is 14.3. The van der Waals surface area contributed by atoms with Crippen molar-refractivity contribution in [2.75, 3.05) is 0 Å². The molecule has 2 aromatic carbocycles. The minimum atomic E-state index is -0.643. The standard InChI is InChI=1S/C8Br4O3.C8H4O3/c9-3-1-2(8(14)15-7(1)13)4(10)6(12)5(3)11;9-7-5-3-1-2-4-6(5)8(10)11-7/h;1-4H. The Bertz CT molecular complexity index is 936. The SMILES string of the molecule is O=C1OC(=O)c2c(Br)c(Br)c(Br)c(Br)c21.O=C1OC(=O)c2ccccc21. The summed E-state index contributed by atoms with van der Waals surface area (Å²) in [5.41, 5.74) is 1.19. The summed E-state index contributed by atoms with van der Waals surface area (Å²) in [6.45, 7) is 0. The fourth-order valence-corrected chi connectivity index (χ4v) is 4.68. The van der Waals surface area contributed by atoms with Crippen LogP contribution in [0.15, 0.2) is 42.2 Å². The van der Waals surface area contributed by atoms with E-state index >= 15 is 0 Å². The van der Waals surface area contributed by atoms with E-state index in [1.165, 1.54) is 0 Å². The van der Waals surface area contributed by atoms with E-state index in [1.807, 2.05) is 0 Å². The fraction of sp³-hybridized carbons (Fsp3) is 0. The number of fused-ring (bicyclic) bond motifs is 2. The maximum atomic E-state index is 11.4. The molecule has 132 valence electrons. The van der Waals surface area contributed by atoms with Gasteiger partial charge in [-0.1, -0.05) is 12.1 Å². The van der Waals surface area contributed by atoms with Gasteiger partial charge >= 0.3 is 23.9 Å². The Morgan fingerprint density at radius 2 is 0.885 bits per heavy atom. The van der Waals surface area contributed by atoms with Crippen LogP contribution in [0.4, 0.5) is 0 Å². The lowest BCUT2D eigenvalue weighted by molar-refractivity contribution is 0.0425. The molecule has 0 N–H and O–H groups in total. The van der Waals surface area contributed by atoms with Gasteiger partial charge in [0, 0.05) is 17.9 Å². The topological polar surface area (TPSA) is 86.7 Å². The van der Waals surface area contributed by atoms with Crippen LogP contribution in [0, 0.1) is 0 Å². The van der Waals surface area contributed by atoms with E-state index in [2.05, 4.69) is 73.2 Å². The number of hydrogen-bond donors (Lipinski definition) is 0. The van der Waals surface area contributed by atoms with Crippen molar-refractivity contribution in [1.29, 1.82) is 0 Å². The first kappa shape index (κ1) is 19.4. The number of cyclic esters (lactones) is 4. The van der Waals surface area contributed by atoms with Crippen molar-refractivity contribution in [2.45, 2.75) is 0 Å². The van der Waals surface area contributed by atoms with E-state index in [1.54, 1.807) is 24.3 Å². The molecule has 0 amide bonds. The summed E-state index contributed by atoms with van der Waals surface area (Å²) < 4.78 is 11.2. The van der Waals surface area contributed by atoms with Gasteiger partial charge in [0.05, 0.1) is 22.3 Å². The maximum Gasteiger partial charge on any atom is 0.348 e. The highest BCUT2D eigenvalue weighted by atomic mass is 79.9. The van der Waals surface area contributed by atoms with Gasteiger partial charge in [-0.3, -0.25) is 0 Å². The molecule has 0 fully saturated rings. The molecular weight excluding hydrogens is 608 g/mol. The molecule has 0 saturated carbocycles. The van der Waals surface area contributed by atoms with Crippen LogP contribution in [0.1, 0.15) is 41.4 Å². The zero-order valence-electron chi connectivity index (χ0n) is 12.3. The van der Waals surface area contributed by atoms with E-state index < -0.39 is 23.9 Å². The molecule has 0 radical (unpaired) electrons. The molecule has 2 aliphatic heterocycles. The zero-order valence-corrected chi connectivity index (χ0v) is 18.6. The molecule has 10 heteroatoms. The van der Waals surface area contributed by atoms with Gasteiger partial charge in [0.2, 0.25) is 0 Å². The first-order valence-electron chi connectivity index (χ1n) is 6.72. The van der Waals surface area contributed by atoms with Crippen molar-refractivity contribution in [3.63, 3.8) is 0 Å². The largest absolute Gasteiger partial charge is 0.386 e. The molecule has 2 aliphatic rings. The second-order valence-electron chi connectivity index (χ2n) is 4.91. The lowest BCUT2D eigenvalue weighted by Crippen LogP contribution is -1.97. The summed E-state index contributed by atoms with van der Waals surface area (Å²) in [7, 11) is 0. The van der Waals surface area contributed by atoms with Crippen LogP contribution < -0.4 is 0 Å². The maximum absolute atomic E-state index is 11.4. The third kappa shape index (κ3) is 3.19. The van der Waals surface area contributed by atoms with E-state index in [9.17, 15) is 19.2 Å². The van der Waals surface area contributed by atoms with Crippen molar-refractivity contribution in [3.05, 3.63) is 64.4 Å². The van der Waals surface area contributed by atoms with E-state index in [0.717, 1.165) is 0 Å². The predicted molar refractivity (Wildman–Crippen MR) is 103 cm³/mol. The number of carbonyl (C=O) groups excluding carboxylic acids is 4. The van der Waals surface area contributed by atoms with E-state index in [0.29, 0.717) is 29.0 Å². The van der Waals surface area contributed by atoms with Gasteiger partial charge in [0.1, 0.15) is 0 Å². The Hall–Kier alpha value is -1.36. The van der Waals surface area contributed by atoms with Crippen LogP contribution in [0.25, 0.3) is 0 Å². The number of ether oxygens (including phenoxy) is 2. The summed E-state index contributed by atoms with van der Waals surface area (Å²) in [6, 6.07) is 6.53. The summed E-state index contributed by atoms with van der Waals surface area (Å²) in [5, 5.41) is 0. The molecule has 0 atom stereocenters. The molecule has 0 aliphatic carbocycles.